The third kappa shape index (κ3) is 2.67. The van der Waals surface area contributed by atoms with E-state index in [2.05, 4.69) is 163 Å². The summed E-state index contributed by atoms with van der Waals surface area (Å²) in [5, 5.41) is 2.54. The van der Waals surface area contributed by atoms with Crippen LogP contribution in [0.3, 0.4) is 0 Å². The molecule has 0 aliphatic carbocycles. The number of benzene rings is 6. The van der Waals surface area contributed by atoms with Crippen molar-refractivity contribution in [1.82, 2.24) is 4.57 Å². The Balaban J connectivity index is 1.39. The summed E-state index contributed by atoms with van der Waals surface area (Å²) in [4.78, 5) is 5.22. The maximum Gasteiger partial charge on any atom is 0.134 e. The van der Waals surface area contributed by atoms with Crippen LogP contribution in [0.2, 0.25) is 0 Å². The predicted octanol–water partition coefficient (Wildman–Crippen LogP) is 10.5. The second kappa shape index (κ2) is 8.02. The van der Waals surface area contributed by atoms with Gasteiger partial charge in [0.15, 0.2) is 0 Å². The van der Waals surface area contributed by atoms with E-state index in [1.807, 2.05) is 0 Å². The zero-order chi connectivity index (χ0) is 30.5. The molecule has 0 amide bonds. The number of anilines is 4. The molecule has 7 aromatic rings. The van der Waals surface area contributed by atoms with Crippen molar-refractivity contribution >= 4 is 44.6 Å². The number of aromatic nitrogens is 1. The van der Waals surface area contributed by atoms with Gasteiger partial charge in [-0.15, -0.1) is 0 Å². The molecule has 6 aromatic carbocycles. The molecule has 4 nitrogen and oxygen atoms in total. The molecule has 5 heterocycles. The molecule has 4 heteroatoms. The highest BCUT2D eigenvalue weighted by Crippen LogP contribution is 2.71. The SMILES string of the molecule is CC(C)(C)c1cc2c3c(c1)N1c4ccccc4N(c4ccccc4)C1C31c3ccccc3-n3c4ccccc4c4ccc(c1c43)O2. The van der Waals surface area contributed by atoms with Gasteiger partial charge >= 0.3 is 0 Å². The molecule has 1 aromatic heterocycles. The first kappa shape index (κ1) is 24.8. The highest BCUT2D eigenvalue weighted by Gasteiger charge is 2.66. The van der Waals surface area contributed by atoms with E-state index in [-0.39, 0.29) is 11.6 Å². The Labute approximate surface area is 267 Å². The third-order valence-electron chi connectivity index (χ3n) is 10.9. The van der Waals surface area contributed by atoms with Crippen molar-refractivity contribution < 1.29 is 4.74 Å². The van der Waals surface area contributed by atoms with Gasteiger partial charge in [-0.1, -0.05) is 87.5 Å². The van der Waals surface area contributed by atoms with E-state index in [1.54, 1.807) is 0 Å². The molecule has 11 rings (SSSR count). The summed E-state index contributed by atoms with van der Waals surface area (Å²) in [7, 11) is 0. The van der Waals surface area contributed by atoms with Gasteiger partial charge in [0.25, 0.3) is 0 Å². The molecule has 4 aliphatic rings. The maximum absolute atomic E-state index is 7.11. The number of nitrogens with zero attached hydrogens (tertiary/aromatic N) is 3. The van der Waals surface area contributed by atoms with Crippen molar-refractivity contribution in [2.45, 2.75) is 37.8 Å². The van der Waals surface area contributed by atoms with Gasteiger partial charge in [0.05, 0.1) is 39.2 Å². The number of rotatable bonds is 1. The van der Waals surface area contributed by atoms with Gasteiger partial charge in [0, 0.05) is 27.6 Å². The lowest BCUT2D eigenvalue weighted by Gasteiger charge is -2.47. The molecule has 0 N–H and O–H groups in total. The molecule has 0 saturated heterocycles. The molecule has 46 heavy (non-hydrogen) atoms. The Bertz CT molecular complexity index is 2470. The Kier molecular flexibility index (Phi) is 4.32. The van der Waals surface area contributed by atoms with Crippen molar-refractivity contribution in [3.05, 3.63) is 150 Å². The molecular weight excluding hydrogens is 562 g/mol. The van der Waals surface area contributed by atoms with Crippen LogP contribution in [-0.4, -0.2) is 10.7 Å². The Morgan fingerprint density at radius 3 is 2.09 bits per heavy atom. The van der Waals surface area contributed by atoms with Crippen molar-refractivity contribution in [3.8, 4) is 17.2 Å². The van der Waals surface area contributed by atoms with Gasteiger partial charge in [-0.2, -0.15) is 0 Å². The summed E-state index contributed by atoms with van der Waals surface area (Å²) in [6.45, 7) is 6.89. The smallest absolute Gasteiger partial charge is 0.134 e. The molecule has 220 valence electrons. The van der Waals surface area contributed by atoms with E-state index >= 15 is 0 Å². The topological polar surface area (TPSA) is 20.6 Å². The van der Waals surface area contributed by atoms with E-state index in [9.17, 15) is 0 Å². The van der Waals surface area contributed by atoms with E-state index < -0.39 is 5.41 Å². The zero-order valence-electron chi connectivity index (χ0n) is 26.0. The molecule has 2 unspecified atom stereocenters. The molecule has 0 bridgehead atoms. The zero-order valence-corrected chi connectivity index (χ0v) is 26.0. The fraction of sp³-hybridized carbons (Fsp3) is 0.143. The van der Waals surface area contributed by atoms with E-state index in [1.165, 1.54) is 72.5 Å². The van der Waals surface area contributed by atoms with Gasteiger partial charge in [-0.05, 0) is 77.2 Å². The largest absolute Gasteiger partial charge is 0.457 e. The summed E-state index contributed by atoms with van der Waals surface area (Å²) in [5.74, 6) is 1.91. The van der Waals surface area contributed by atoms with Crippen molar-refractivity contribution in [2.75, 3.05) is 9.80 Å². The fourth-order valence-corrected chi connectivity index (χ4v) is 9.14. The summed E-state index contributed by atoms with van der Waals surface area (Å²) in [5.41, 5.74) is 13.1. The molecular formula is C42H31N3O. The second-order valence-corrected chi connectivity index (χ2v) is 14.2. The van der Waals surface area contributed by atoms with Crippen LogP contribution in [0.15, 0.2) is 127 Å². The van der Waals surface area contributed by atoms with Gasteiger partial charge < -0.3 is 19.1 Å². The molecule has 0 fully saturated rings. The Morgan fingerprint density at radius 1 is 0.587 bits per heavy atom. The summed E-state index contributed by atoms with van der Waals surface area (Å²) >= 11 is 0. The van der Waals surface area contributed by atoms with Gasteiger partial charge in [0.1, 0.15) is 17.7 Å². The van der Waals surface area contributed by atoms with Gasteiger partial charge in [0.2, 0.25) is 0 Å². The number of fused-ring (bicyclic) bond motifs is 9. The van der Waals surface area contributed by atoms with Crippen LogP contribution in [0.1, 0.15) is 43.0 Å². The highest BCUT2D eigenvalue weighted by atomic mass is 16.5. The van der Waals surface area contributed by atoms with Crippen LogP contribution in [0.4, 0.5) is 22.7 Å². The first-order valence-electron chi connectivity index (χ1n) is 16.2. The van der Waals surface area contributed by atoms with Crippen LogP contribution >= 0.6 is 0 Å². The molecule has 4 aliphatic heterocycles. The Morgan fingerprint density at radius 2 is 1.28 bits per heavy atom. The lowest BCUT2D eigenvalue weighted by Crippen LogP contribution is -2.53. The molecule has 0 radical (unpaired) electrons. The minimum atomic E-state index is -0.538. The standard InChI is InChI=1S/C42H31N3O/c1-41(2,3)25-23-34-37-36(24-25)46-35-22-21-28-27-15-7-9-17-30(27)44-31-18-10-8-16-29(31)42(37,38(35)39(28)44)40-43(26-13-5-4-6-14-26)32-19-11-12-20-33(32)45(34)40/h4-24,40H,1-3H3. The number of hydrogen-bond donors (Lipinski definition) is 0. The van der Waals surface area contributed by atoms with Crippen LogP contribution in [0, 0.1) is 0 Å². The average molecular weight is 594 g/mol. The van der Waals surface area contributed by atoms with Crippen molar-refractivity contribution in [2.24, 2.45) is 0 Å². The minimum absolute atomic E-state index is 0.0559. The van der Waals surface area contributed by atoms with Crippen LogP contribution in [-0.2, 0) is 10.8 Å². The third-order valence-corrected chi connectivity index (χ3v) is 10.9. The molecule has 2 atom stereocenters. The lowest BCUT2D eigenvalue weighted by atomic mass is 9.64. The van der Waals surface area contributed by atoms with Crippen LogP contribution < -0.4 is 14.5 Å². The predicted molar refractivity (Wildman–Crippen MR) is 187 cm³/mol. The number of hydrogen-bond acceptors (Lipinski definition) is 3. The first-order chi connectivity index (χ1) is 22.5. The Hall–Kier alpha value is -5.48. The van der Waals surface area contributed by atoms with E-state index in [0.717, 1.165) is 11.5 Å². The minimum Gasteiger partial charge on any atom is -0.457 e. The highest BCUT2D eigenvalue weighted by molar-refractivity contribution is 6.14. The number of para-hydroxylation sites is 5. The average Bonchev–Trinajstić information content (AvgIpc) is 3.70. The van der Waals surface area contributed by atoms with Crippen molar-refractivity contribution in [3.63, 3.8) is 0 Å². The fourth-order valence-electron chi connectivity index (χ4n) is 9.14. The maximum atomic E-state index is 7.11. The molecule has 0 saturated carbocycles. The van der Waals surface area contributed by atoms with E-state index in [0.29, 0.717) is 0 Å². The summed E-state index contributed by atoms with van der Waals surface area (Å²) in [6, 6.07) is 47.1. The monoisotopic (exact) mass is 593 g/mol. The quantitative estimate of drug-likeness (QED) is 0.189. The van der Waals surface area contributed by atoms with Gasteiger partial charge in [-0.25, -0.2) is 0 Å². The lowest BCUT2D eigenvalue weighted by molar-refractivity contribution is 0.401. The van der Waals surface area contributed by atoms with E-state index in [4.69, 9.17) is 4.74 Å². The second-order valence-electron chi connectivity index (χ2n) is 14.2. The normalized spacial score (nSPS) is 19.6. The first-order valence-corrected chi connectivity index (χ1v) is 16.2. The summed E-state index contributed by atoms with van der Waals surface area (Å²) < 4.78 is 9.61. The summed E-state index contributed by atoms with van der Waals surface area (Å²) in [6.07, 6.45) is -0.0857. The molecule has 1 spiro atoms. The van der Waals surface area contributed by atoms with Crippen LogP contribution in [0.5, 0.6) is 11.5 Å². The van der Waals surface area contributed by atoms with Crippen molar-refractivity contribution in [1.29, 1.82) is 0 Å². The van der Waals surface area contributed by atoms with Gasteiger partial charge in [-0.3, -0.25) is 0 Å². The number of ether oxygens (including phenoxy) is 1. The van der Waals surface area contributed by atoms with Crippen LogP contribution in [0.25, 0.3) is 27.5 Å².